The summed E-state index contributed by atoms with van der Waals surface area (Å²) in [6, 6.07) is 1.64. The third-order valence-electron chi connectivity index (χ3n) is 2.27. The van der Waals surface area contributed by atoms with Crippen molar-refractivity contribution in [1.82, 2.24) is 9.97 Å². The molecule has 1 aromatic heterocycles. The number of nitrogen functional groups attached to an aromatic ring is 1. The number of halogens is 1. The molecule has 0 bridgehead atoms. The van der Waals surface area contributed by atoms with Gasteiger partial charge in [-0.3, -0.25) is 0 Å². The lowest BCUT2D eigenvalue weighted by molar-refractivity contribution is 0.0604. The molecular weight excluding hydrogens is 230 g/mol. The van der Waals surface area contributed by atoms with Gasteiger partial charge in [-0.2, -0.15) is 0 Å². The van der Waals surface area contributed by atoms with Gasteiger partial charge in [-0.1, -0.05) is 11.6 Å². The number of nitrogens with zero attached hydrogens (tertiary/aromatic N) is 1. The summed E-state index contributed by atoms with van der Waals surface area (Å²) in [4.78, 5) is 18.8. The Morgan fingerprint density at radius 1 is 1.62 bits per heavy atom. The van der Waals surface area contributed by atoms with Crippen LogP contribution in [0.3, 0.4) is 0 Å². The number of ether oxygens (including phenoxy) is 1. The number of benzene rings is 1. The topological polar surface area (TPSA) is 81.0 Å². The number of carbonyl (C=O) groups excluding carboxylic acids is 1. The molecule has 0 unspecified atom stereocenters. The molecule has 1 heterocycles. The molecule has 3 N–H and O–H groups in total. The number of aromatic nitrogens is 2. The molecule has 0 amide bonds. The predicted octanol–water partition coefficient (Wildman–Crippen LogP) is 1.89. The first-order valence-corrected chi connectivity index (χ1v) is 4.95. The number of fused-ring (bicyclic) bond motifs is 1. The molecule has 0 saturated carbocycles. The normalized spacial score (nSPS) is 10.7. The van der Waals surface area contributed by atoms with Crippen LogP contribution >= 0.6 is 11.6 Å². The average Bonchev–Trinajstić information content (AvgIpc) is 2.59. The first kappa shape index (κ1) is 10.8. The molecule has 84 valence electrons. The van der Waals surface area contributed by atoms with Gasteiger partial charge in [-0.25, -0.2) is 9.78 Å². The lowest BCUT2D eigenvalue weighted by Crippen LogP contribution is -2.07. The molecule has 0 aliphatic rings. The van der Waals surface area contributed by atoms with Gasteiger partial charge in [0.15, 0.2) is 0 Å². The van der Waals surface area contributed by atoms with Crippen LogP contribution in [-0.4, -0.2) is 23.0 Å². The second-order valence-electron chi connectivity index (χ2n) is 3.36. The number of methoxy groups -OCH3 is 1. The van der Waals surface area contributed by atoms with Crippen molar-refractivity contribution < 1.29 is 9.53 Å². The zero-order chi connectivity index (χ0) is 11.9. The zero-order valence-electron chi connectivity index (χ0n) is 8.80. The highest BCUT2D eigenvalue weighted by molar-refractivity contribution is 6.35. The molecular formula is C10H10ClN3O2. The van der Waals surface area contributed by atoms with Crippen LogP contribution in [0.15, 0.2) is 6.07 Å². The number of aryl methyl sites for hydroxylation is 1. The van der Waals surface area contributed by atoms with Crippen molar-refractivity contribution in [1.29, 1.82) is 0 Å². The standard InChI is InChI=1S/C10H10ClN3O2/c1-4-13-6-3-5(11)8(12)7(9(6)14-4)10(15)16-2/h3H,12H2,1-2H3,(H,13,14). The van der Waals surface area contributed by atoms with Gasteiger partial charge in [0.05, 0.1) is 23.3 Å². The van der Waals surface area contributed by atoms with E-state index in [-0.39, 0.29) is 11.3 Å². The SMILES string of the molecule is COC(=O)c1c(N)c(Cl)cc2[nH]c(C)nc12. The minimum Gasteiger partial charge on any atom is -0.465 e. The van der Waals surface area contributed by atoms with Crippen molar-refractivity contribution in [3.05, 3.63) is 22.5 Å². The molecule has 2 rings (SSSR count). The fourth-order valence-corrected chi connectivity index (χ4v) is 1.77. The highest BCUT2D eigenvalue weighted by Crippen LogP contribution is 2.30. The number of rotatable bonds is 1. The second kappa shape index (κ2) is 3.68. The average molecular weight is 240 g/mol. The number of aromatic amines is 1. The van der Waals surface area contributed by atoms with E-state index in [2.05, 4.69) is 14.7 Å². The summed E-state index contributed by atoms with van der Waals surface area (Å²) in [5.41, 5.74) is 7.28. The van der Waals surface area contributed by atoms with Crippen LogP contribution in [0, 0.1) is 6.92 Å². The monoisotopic (exact) mass is 239 g/mol. The number of nitrogens with one attached hydrogen (secondary N) is 1. The fraction of sp³-hybridized carbons (Fsp3) is 0.200. The number of nitrogens with two attached hydrogens (primary N) is 1. The lowest BCUT2D eigenvalue weighted by Gasteiger charge is -2.05. The van der Waals surface area contributed by atoms with Crippen molar-refractivity contribution >= 4 is 34.3 Å². The Morgan fingerprint density at radius 3 is 2.94 bits per heavy atom. The first-order chi connectivity index (χ1) is 7.54. The Morgan fingerprint density at radius 2 is 2.31 bits per heavy atom. The largest absolute Gasteiger partial charge is 0.465 e. The van der Waals surface area contributed by atoms with Gasteiger partial charge in [0, 0.05) is 0 Å². The molecule has 0 saturated heterocycles. The van der Waals surface area contributed by atoms with Gasteiger partial charge in [-0.05, 0) is 13.0 Å². The van der Waals surface area contributed by atoms with Crippen LogP contribution in [0.1, 0.15) is 16.2 Å². The number of anilines is 1. The minimum absolute atomic E-state index is 0.188. The quantitative estimate of drug-likeness (QED) is 0.588. The number of H-pyrrole nitrogens is 1. The van der Waals surface area contributed by atoms with Crippen LogP contribution in [-0.2, 0) is 4.74 Å². The van der Waals surface area contributed by atoms with Crippen LogP contribution < -0.4 is 5.73 Å². The zero-order valence-corrected chi connectivity index (χ0v) is 9.55. The molecule has 0 spiro atoms. The molecule has 0 aliphatic heterocycles. The maximum atomic E-state index is 11.6. The van der Waals surface area contributed by atoms with Crippen molar-refractivity contribution in [2.45, 2.75) is 6.92 Å². The molecule has 0 fully saturated rings. The van der Waals surface area contributed by atoms with Crippen LogP contribution in [0.5, 0.6) is 0 Å². The molecule has 5 nitrogen and oxygen atoms in total. The summed E-state index contributed by atoms with van der Waals surface area (Å²) in [5, 5.41) is 0.302. The summed E-state index contributed by atoms with van der Waals surface area (Å²) >= 11 is 5.92. The van der Waals surface area contributed by atoms with Gasteiger partial charge in [-0.15, -0.1) is 0 Å². The smallest absolute Gasteiger partial charge is 0.342 e. The minimum atomic E-state index is -0.545. The van der Waals surface area contributed by atoms with E-state index in [4.69, 9.17) is 17.3 Å². The Labute approximate surface area is 96.6 Å². The van der Waals surface area contributed by atoms with Crippen molar-refractivity contribution in [2.75, 3.05) is 12.8 Å². The summed E-state index contributed by atoms with van der Waals surface area (Å²) in [7, 11) is 1.29. The number of hydrogen-bond acceptors (Lipinski definition) is 4. The number of imidazole rings is 1. The Bertz CT molecular complexity index is 577. The molecule has 0 atom stereocenters. The third kappa shape index (κ3) is 1.49. The van der Waals surface area contributed by atoms with Crippen molar-refractivity contribution in [2.24, 2.45) is 0 Å². The van der Waals surface area contributed by atoms with Gasteiger partial charge in [0.1, 0.15) is 16.9 Å². The fourth-order valence-electron chi connectivity index (χ4n) is 1.57. The number of carbonyl (C=O) groups is 1. The first-order valence-electron chi connectivity index (χ1n) is 4.57. The van der Waals surface area contributed by atoms with Crippen molar-refractivity contribution in [3.63, 3.8) is 0 Å². The Kier molecular flexibility index (Phi) is 2.47. The van der Waals surface area contributed by atoms with E-state index in [9.17, 15) is 4.79 Å². The Hall–Kier alpha value is -1.75. The molecule has 0 aliphatic carbocycles. The van der Waals surface area contributed by atoms with Gasteiger partial charge in [0.25, 0.3) is 0 Å². The third-order valence-corrected chi connectivity index (χ3v) is 2.59. The molecule has 2 aromatic rings. The van der Waals surface area contributed by atoms with E-state index in [0.717, 1.165) is 0 Å². The summed E-state index contributed by atoms with van der Waals surface area (Å²) < 4.78 is 4.66. The lowest BCUT2D eigenvalue weighted by atomic mass is 10.1. The summed E-state index contributed by atoms with van der Waals surface area (Å²) in [5.74, 6) is 0.137. The Balaban J connectivity index is 2.86. The van der Waals surface area contributed by atoms with Gasteiger partial charge < -0.3 is 15.5 Å². The van der Waals surface area contributed by atoms with E-state index in [1.165, 1.54) is 7.11 Å². The van der Waals surface area contributed by atoms with Crippen LogP contribution in [0.2, 0.25) is 5.02 Å². The maximum Gasteiger partial charge on any atom is 0.342 e. The van der Waals surface area contributed by atoms with Crippen LogP contribution in [0.4, 0.5) is 5.69 Å². The molecule has 0 radical (unpaired) electrons. The van der Waals surface area contributed by atoms with E-state index in [0.29, 0.717) is 21.9 Å². The second-order valence-corrected chi connectivity index (χ2v) is 3.76. The summed E-state index contributed by atoms with van der Waals surface area (Å²) in [6.45, 7) is 1.78. The van der Waals surface area contributed by atoms with E-state index in [1.807, 2.05) is 0 Å². The molecule has 1 aromatic carbocycles. The van der Waals surface area contributed by atoms with E-state index in [1.54, 1.807) is 13.0 Å². The highest BCUT2D eigenvalue weighted by Gasteiger charge is 2.19. The van der Waals surface area contributed by atoms with E-state index < -0.39 is 5.97 Å². The maximum absolute atomic E-state index is 11.6. The van der Waals surface area contributed by atoms with Gasteiger partial charge >= 0.3 is 5.97 Å². The van der Waals surface area contributed by atoms with E-state index >= 15 is 0 Å². The van der Waals surface area contributed by atoms with Crippen LogP contribution in [0.25, 0.3) is 11.0 Å². The number of hydrogen-bond donors (Lipinski definition) is 2. The van der Waals surface area contributed by atoms with Gasteiger partial charge in [0.2, 0.25) is 0 Å². The predicted molar refractivity (Wildman–Crippen MR) is 61.6 cm³/mol. The summed E-state index contributed by atoms with van der Waals surface area (Å²) in [6.07, 6.45) is 0. The molecule has 16 heavy (non-hydrogen) atoms. The highest BCUT2D eigenvalue weighted by atomic mass is 35.5. The molecule has 6 heteroatoms. The van der Waals surface area contributed by atoms with Crippen molar-refractivity contribution in [3.8, 4) is 0 Å². The number of esters is 1.